The molecule has 1 N–H and O–H groups in total. The normalized spacial score (nSPS) is 12.6. The Morgan fingerprint density at radius 1 is 1.35 bits per heavy atom. The molecule has 0 saturated carbocycles. The monoisotopic (exact) mass is 265 g/mol. The van der Waals surface area contributed by atoms with E-state index < -0.39 is 0 Å². The van der Waals surface area contributed by atoms with Crippen LogP contribution in [0.3, 0.4) is 0 Å². The molecule has 0 fully saturated rings. The first-order valence-corrected chi connectivity index (χ1v) is 6.98. The van der Waals surface area contributed by atoms with Crippen molar-refractivity contribution in [2.24, 2.45) is 0 Å². The summed E-state index contributed by atoms with van der Waals surface area (Å²) in [4.78, 5) is 0. The van der Waals surface area contributed by atoms with Gasteiger partial charge in [0, 0.05) is 11.1 Å². The molecule has 90 valence electrons. The fraction of sp³-hybridized carbons (Fsp3) is 0.286. The van der Waals surface area contributed by atoms with Gasteiger partial charge in [0.15, 0.2) is 0 Å². The van der Waals surface area contributed by atoms with Crippen LogP contribution in [0, 0.1) is 6.92 Å². The third-order valence-corrected chi connectivity index (χ3v) is 4.21. The lowest BCUT2D eigenvalue weighted by atomic mass is 9.99. The van der Waals surface area contributed by atoms with Crippen molar-refractivity contribution in [3.05, 3.63) is 56.7 Å². The summed E-state index contributed by atoms with van der Waals surface area (Å²) in [6.45, 7) is 2.04. The Labute approximate surface area is 111 Å². The molecular weight excluding hydrogens is 250 g/mol. The van der Waals surface area contributed by atoms with E-state index in [0.29, 0.717) is 0 Å². The molecule has 1 nitrogen and oxygen atoms in total. The smallest absolute Gasteiger partial charge is 0.0483 e. The first-order valence-electron chi connectivity index (χ1n) is 5.65. The lowest BCUT2D eigenvalue weighted by Crippen LogP contribution is -2.19. The number of rotatable bonds is 4. The SMILES string of the molecule is CNC(Cc1ccsc1)c1cccc(C)c1Cl. The van der Waals surface area contributed by atoms with Crippen LogP contribution in [0.2, 0.25) is 5.02 Å². The van der Waals surface area contributed by atoms with Crippen molar-refractivity contribution in [2.45, 2.75) is 19.4 Å². The summed E-state index contributed by atoms with van der Waals surface area (Å²) in [5.41, 5.74) is 3.67. The second-order valence-corrected chi connectivity index (χ2v) is 5.31. The Morgan fingerprint density at radius 2 is 2.18 bits per heavy atom. The van der Waals surface area contributed by atoms with Gasteiger partial charge in [-0.3, -0.25) is 0 Å². The Hall–Kier alpha value is -0.830. The maximum atomic E-state index is 6.37. The molecule has 0 bridgehead atoms. The van der Waals surface area contributed by atoms with Gasteiger partial charge in [0.25, 0.3) is 0 Å². The quantitative estimate of drug-likeness (QED) is 0.873. The van der Waals surface area contributed by atoms with Crippen LogP contribution in [0.4, 0.5) is 0 Å². The fourth-order valence-electron chi connectivity index (χ4n) is 1.95. The van der Waals surface area contributed by atoms with Crippen molar-refractivity contribution >= 4 is 22.9 Å². The molecule has 3 heteroatoms. The molecule has 0 spiro atoms. The molecular formula is C14H16ClNS. The molecule has 0 aliphatic rings. The van der Waals surface area contributed by atoms with Gasteiger partial charge in [0.2, 0.25) is 0 Å². The minimum Gasteiger partial charge on any atom is -0.313 e. The van der Waals surface area contributed by atoms with Gasteiger partial charge >= 0.3 is 0 Å². The van der Waals surface area contributed by atoms with Crippen molar-refractivity contribution in [2.75, 3.05) is 7.05 Å². The molecule has 1 unspecified atom stereocenters. The van der Waals surface area contributed by atoms with Gasteiger partial charge in [-0.25, -0.2) is 0 Å². The third-order valence-electron chi connectivity index (χ3n) is 2.97. The molecule has 1 heterocycles. The first kappa shape index (κ1) is 12.6. The van der Waals surface area contributed by atoms with Crippen LogP contribution in [0.1, 0.15) is 22.7 Å². The zero-order valence-electron chi connectivity index (χ0n) is 10.0. The number of benzene rings is 1. The number of halogens is 1. The molecule has 1 aromatic carbocycles. The number of hydrogen-bond acceptors (Lipinski definition) is 2. The van der Waals surface area contributed by atoms with Crippen molar-refractivity contribution in [3.8, 4) is 0 Å². The highest BCUT2D eigenvalue weighted by molar-refractivity contribution is 7.07. The molecule has 2 rings (SSSR count). The van der Waals surface area contributed by atoms with Crippen LogP contribution >= 0.6 is 22.9 Å². The summed E-state index contributed by atoms with van der Waals surface area (Å²) in [6.07, 6.45) is 0.975. The minimum atomic E-state index is 0.275. The van der Waals surface area contributed by atoms with Crippen LogP contribution in [0.25, 0.3) is 0 Å². The summed E-state index contributed by atoms with van der Waals surface area (Å²) in [5, 5.41) is 8.52. The van der Waals surface area contributed by atoms with E-state index >= 15 is 0 Å². The number of likely N-dealkylation sites (N-methyl/N-ethyl adjacent to an activating group) is 1. The van der Waals surface area contributed by atoms with Crippen molar-refractivity contribution in [1.82, 2.24) is 5.32 Å². The van der Waals surface area contributed by atoms with Crippen LogP contribution in [-0.2, 0) is 6.42 Å². The van der Waals surface area contributed by atoms with Gasteiger partial charge < -0.3 is 5.32 Å². The van der Waals surface area contributed by atoms with Crippen LogP contribution in [0.5, 0.6) is 0 Å². The fourth-order valence-corrected chi connectivity index (χ4v) is 2.89. The van der Waals surface area contributed by atoms with E-state index in [9.17, 15) is 0 Å². The summed E-state index contributed by atoms with van der Waals surface area (Å²) in [5.74, 6) is 0. The standard InChI is InChI=1S/C14H16ClNS/c1-10-4-3-5-12(14(10)15)13(16-2)8-11-6-7-17-9-11/h3-7,9,13,16H,8H2,1-2H3. The van der Waals surface area contributed by atoms with Gasteiger partial charge in [0.1, 0.15) is 0 Å². The Morgan fingerprint density at radius 3 is 2.82 bits per heavy atom. The molecule has 2 aromatic rings. The molecule has 0 amide bonds. The van der Waals surface area contributed by atoms with Crippen LogP contribution in [0.15, 0.2) is 35.0 Å². The molecule has 0 radical (unpaired) electrons. The van der Waals surface area contributed by atoms with Crippen molar-refractivity contribution in [3.63, 3.8) is 0 Å². The number of aryl methyl sites for hydroxylation is 1. The van der Waals surface area contributed by atoms with Crippen LogP contribution in [-0.4, -0.2) is 7.05 Å². The Balaban J connectivity index is 2.26. The number of hydrogen-bond donors (Lipinski definition) is 1. The zero-order chi connectivity index (χ0) is 12.3. The maximum absolute atomic E-state index is 6.37. The predicted molar refractivity (Wildman–Crippen MR) is 76.0 cm³/mol. The largest absolute Gasteiger partial charge is 0.313 e. The topological polar surface area (TPSA) is 12.0 Å². The van der Waals surface area contributed by atoms with Gasteiger partial charge in [-0.05, 0) is 53.9 Å². The second-order valence-electron chi connectivity index (χ2n) is 4.16. The van der Waals surface area contributed by atoms with E-state index in [-0.39, 0.29) is 6.04 Å². The second kappa shape index (κ2) is 5.67. The molecule has 17 heavy (non-hydrogen) atoms. The minimum absolute atomic E-state index is 0.275. The van der Waals surface area contributed by atoms with E-state index in [1.165, 1.54) is 11.1 Å². The highest BCUT2D eigenvalue weighted by Crippen LogP contribution is 2.28. The first-order chi connectivity index (χ1) is 8.22. The molecule has 0 aliphatic heterocycles. The Bertz CT molecular complexity index is 479. The van der Waals surface area contributed by atoms with Gasteiger partial charge in [-0.2, -0.15) is 11.3 Å². The third kappa shape index (κ3) is 2.89. The lowest BCUT2D eigenvalue weighted by molar-refractivity contribution is 0.593. The molecule has 0 saturated heterocycles. The molecule has 0 aliphatic carbocycles. The molecule has 1 aromatic heterocycles. The highest BCUT2D eigenvalue weighted by Gasteiger charge is 2.14. The van der Waals surface area contributed by atoms with Gasteiger partial charge in [-0.15, -0.1) is 0 Å². The predicted octanol–water partition coefficient (Wildman–Crippen LogP) is 4.21. The summed E-state index contributed by atoms with van der Waals surface area (Å²) >= 11 is 8.10. The maximum Gasteiger partial charge on any atom is 0.0483 e. The van der Waals surface area contributed by atoms with Crippen molar-refractivity contribution < 1.29 is 0 Å². The van der Waals surface area contributed by atoms with Crippen molar-refractivity contribution in [1.29, 1.82) is 0 Å². The van der Waals surface area contributed by atoms with E-state index in [2.05, 4.69) is 34.3 Å². The highest BCUT2D eigenvalue weighted by atomic mass is 35.5. The van der Waals surface area contributed by atoms with E-state index in [0.717, 1.165) is 17.0 Å². The summed E-state index contributed by atoms with van der Waals surface area (Å²) in [6, 6.07) is 8.65. The number of thiophene rings is 1. The van der Waals surface area contributed by atoms with E-state index in [1.54, 1.807) is 11.3 Å². The summed E-state index contributed by atoms with van der Waals surface area (Å²) < 4.78 is 0. The van der Waals surface area contributed by atoms with E-state index in [4.69, 9.17) is 11.6 Å². The van der Waals surface area contributed by atoms with E-state index in [1.807, 2.05) is 20.0 Å². The average Bonchev–Trinajstić information content (AvgIpc) is 2.83. The Kier molecular flexibility index (Phi) is 4.21. The summed E-state index contributed by atoms with van der Waals surface area (Å²) in [7, 11) is 1.98. The molecule has 1 atom stereocenters. The average molecular weight is 266 g/mol. The zero-order valence-corrected chi connectivity index (χ0v) is 11.6. The number of nitrogens with one attached hydrogen (secondary N) is 1. The van der Waals surface area contributed by atoms with Gasteiger partial charge in [-0.1, -0.05) is 29.8 Å². The van der Waals surface area contributed by atoms with Gasteiger partial charge in [0.05, 0.1) is 0 Å². The van der Waals surface area contributed by atoms with Crippen LogP contribution < -0.4 is 5.32 Å². The lowest BCUT2D eigenvalue weighted by Gasteiger charge is -2.18.